The van der Waals surface area contributed by atoms with Crippen molar-refractivity contribution in [3.63, 3.8) is 0 Å². The van der Waals surface area contributed by atoms with Crippen LogP contribution in [0.2, 0.25) is 0 Å². The molecule has 1 heterocycles. The summed E-state index contributed by atoms with van der Waals surface area (Å²) in [7, 11) is 0. The number of rotatable bonds is 2. The van der Waals surface area contributed by atoms with Crippen molar-refractivity contribution in [3.05, 3.63) is 78.4 Å². The average molecular weight is 301 g/mol. The van der Waals surface area contributed by atoms with Gasteiger partial charge in [0.2, 0.25) is 0 Å². The van der Waals surface area contributed by atoms with E-state index in [2.05, 4.69) is 67.3 Å². The summed E-state index contributed by atoms with van der Waals surface area (Å²) in [5.74, 6) is 2.29. The summed E-state index contributed by atoms with van der Waals surface area (Å²) in [4.78, 5) is 2.26. The standard InChI is InChI=1S/C21H19NO/c1-15(2)16-12-13-19-21(14-16)23-20-11-7-6-10-18(20)22(19)17-8-4-3-5-9-17/h3-15H,1-2H3. The lowest BCUT2D eigenvalue weighted by molar-refractivity contribution is 0.476. The molecule has 0 spiro atoms. The maximum atomic E-state index is 6.18. The number of hydrogen-bond donors (Lipinski definition) is 0. The topological polar surface area (TPSA) is 12.5 Å². The van der Waals surface area contributed by atoms with E-state index in [-0.39, 0.29) is 0 Å². The Morgan fingerprint density at radius 2 is 1.43 bits per heavy atom. The van der Waals surface area contributed by atoms with Crippen molar-refractivity contribution in [3.8, 4) is 11.5 Å². The summed E-state index contributed by atoms with van der Waals surface area (Å²) in [6, 6.07) is 25.1. The number of ether oxygens (including phenoxy) is 1. The van der Waals surface area contributed by atoms with Gasteiger partial charge in [-0.15, -0.1) is 0 Å². The number of anilines is 3. The fraction of sp³-hybridized carbons (Fsp3) is 0.143. The van der Waals surface area contributed by atoms with Gasteiger partial charge in [-0.1, -0.05) is 50.2 Å². The predicted molar refractivity (Wildman–Crippen MR) is 95.3 cm³/mol. The highest BCUT2D eigenvalue weighted by Crippen LogP contribution is 2.50. The third-order valence-corrected chi connectivity index (χ3v) is 4.23. The molecule has 3 aromatic carbocycles. The lowest BCUT2D eigenvalue weighted by Gasteiger charge is -2.33. The van der Waals surface area contributed by atoms with Crippen molar-refractivity contribution in [1.82, 2.24) is 0 Å². The second kappa shape index (κ2) is 5.47. The van der Waals surface area contributed by atoms with Crippen molar-refractivity contribution < 1.29 is 4.74 Å². The highest BCUT2D eigenvalue weighted by atomic mass is 16.5. The Hall–Kier alpha value is -2.74. The van der Waals surface area contributed by atoms with Crippen molar-refractivity contribution in [2.45, 2.75) is 19.8 Å². The third kappa shape index (κ3) is 2.36. The molecule has 3 aromatic rings. The molecule has 0 atom stereocenters. The Morgan fingerprint density at radius 1 is 0.739 bits per heavy atom. The zero-order valence-corrected chi connectivity index (χ0v) is 13.4. The molecule has 0 saturated heterocycles. The van der Waals surface area contributed by atoms with Gasteiger partial charge in [-0.2, -0.15) is 0 Å². The smallest absolute Gasteiger partial charge is 0.151 e. The number of nitrogens with zero attached hydrogens (tertiary/aromatic N) is 1. The maximum absolute atomic E-state index is 6.18. The molecule has 0 aromatic heterocycles. The lowest BCUT2D eigenvalue weighted by atomic mass is 10.0. The number of hydrogen-bond acceptors (Lipinski definition) is 2. The van der Waals surface area contributed by atoms with Gasteiger partial charge >= 0.3 is 0 Å². The molecule has 23 heavy (non-hydrogen) atoms. The second-order valence-electron chi connectivity index (χ2n) is 6.12. The van der Waals surface area contributed by atoms with Crippen LogP contribution in [0.4, 0.5) is 17.1 Å². The van der Waals surface area contributed by atoms with Crippen molar-refractivity contribution in [2.24, 2.45) is 0 Å². The molecule has 0 saturated carbocycles. The largest absolute Gasteiger partial charge is 0.453 e. The van der Waals surface area contributed by atoms with Gasteiger partial charge < -0.3 is 9.64 Å². The van der Waals surface area contributed by atoms with Gasteiger partial charge in [0.25, 0.3) is 0 Å². The molecule has 4 rings (SSSR count). The van der Waals surface area contributed by atoms with E-state index in [0.29, 0.717) is 5.92 Å². The Morgan fingerprint density at radius 3 is 2.22 bits per heavy atom. The first-order chi connectivity index (χ1) is 11.2. The van der Waals surface area contributed by atoms with Gasteiger partial charge in [0.15, 0.2) is 11.5 Å². The van der Waals surface area contributed by atoms with E-state index in [0.717, 1.165) is 28.6 Å². The molecular formula is C21H19NO. The van der Waals surface area contributed by atoms with E-state index in [1.165, 1.54) is 5.56 Å². The molecule has 0 N–H and O–H groups in total. The molecule has 0 amide bonds. The molecule has 1 aliphatic rings. The van der Waals surface area contributed by atoms with Crippen molar-refractivity contribution in [2.75, 3.05) is 4.90 Å². The summed E-state index contributed by atoms with van der Waals surface area (Å²) in [6.45, 7) is 4.40. The van der Waals surface area contributed by atoms with Crippen LogP contribution in [0.15, 0.2) is 72.8 Å². The molecular weight excluding hydrogens is 282 g/mol. The Kier molecular flexibility index (Phi) is 3.30. The molecule has 0 unspecified atom stereocenters. The van der Waals surface area contributed by atoms with E-state index in [1.807, 2.05) is 24.3 Å². The first-order valence-electron chi connectivity index (χ1n) is 8.00. The quantitative estimate of drug-likeness (QED) is 0.425. The highest BCUT2D eigenvalue weighted by Gasteiger charge is 2.25. The zero-order chi connectivity index (χ0) is 15.8. The van der Waals surface area contributed by atoms with E-state index in [1.54, 1.807) is 0 Å². The normalized spacial score (nSPS) is 12.6. The Labute approximate surface area is 137 Å². The van der Waals surface area contributed by atoms with Crippen LogP contribution in [-0.4, -0.2) is 0 Å². The van der Waals surface area contributed by atoms with E-state index >= 15 is 0 Å². The average Bonchev–Trinajstić information content (AvgIpc) is 2.59. The van der Waals surface area contributed by atoms with E-state index in [4.69, 9.17) is 4.74 Å². The first-order valence-corrected chi connectivity index (χ1v) is 8.00. The van der Waals surface area contributed by atoms with Crippen molar-refractivity contribution in [1.29, 1.82) is 0 Å². The van der Waals surface area contributed by atoms with Gasteiger partial charge in [-0.25, -0.2) is 0 Å². The summed E-state index contributed by atoms with van der Waals surface area (Å²) in [6.07, 6.45) is 0. The molecule has 0 radical (unpaired) electrons. The number of benzene rings is 3. The fourth-order valence-corrected chi connectivity index (χ4v) is 2.99. The van der Waals surface area contributed by atoms with Gasteiger partial charge in [0, 0.05) is 5.69 Å². The first kappa shape index (κ1) is 13.9. The maximum Gasteiger partial charge on any atom is 0.151 e. The summed E-state index contributed by atoms with van der Waals surface area (Å²) >= 11 is 0. The Bertz CT molecular complexity index is 839. The zero-order valence-electron chi connectivity index (χ0n) is 13.4. The summed E-state index contributed by atoms with van der Waals surface area (Å²) < 4.78 is 6.18. The van der Waals surface area contributed by atoms with Crippen LogP contribution in [0.1, 0.15) is 25.3 Å². The third-order valence-electron chi connectivity index (χ3n) is 4.23. The summed E-state index contributed by atoms with van der Waals surface area (Å²) in [5, 5.41) is 0. The van der Waals surface area contributed by atoms with Crippen LogP contribution in [0.3, 0.4) is 0 Å². The fourth-order valence-electron chi connectivity index (χ4n) is 2.99. The summed E-state index contributed by atoms with van der Waals surface area (Å²) in [5.41, 5.74) is 4.58. The predicted octanol–water partition coefficient (Wildman–Crippen LogP) is 6.39. The minimum absolute atomic E-state index is 0.478. The van der Waals surface area contributed by atoms with Gasteiger partial charge in [0.1, 0.15) is 0 Å². The van der Waals surface area contributed by atoms with Crippen LogP contribution in [0, 0.1) is 0 Å². The number of para-hydroxylation sites is 3. The van der Waals surface area contributed by atoms with Gasteiger partial charge in [0.05, 0.1) is 11.4 Å². The van der Waals surface area contributed by atoms with Crippen molar-refractivity contribution >= 4 is 17.1 Å². The monoisotopic (exact) mass is 301 g/mol. The highest BCUT2D eigenvalue weighted by molar-refractivity contribution is 5.86. The Balaban J connectivity index is 1.92. The van der Waals surface area contributed by atoms with Crippen LogP contribution in [-0.2, 0) is 0 Å². The van der Waals surface area contributed by atoms with E-state index in [9.17, 15) is 0 Å². The lowest BCUT2D eigenvalue weighted by Crippen LogP contribution is -2.15. The molecule has 114 valence electrons. The minimum Gasteiger partial charge on any atom is -0.453 e. The van der Waals surface area contributed by atoms with Crippen LogP contribution in [0.5, 0.6) is 11.5 Å². The SMILES string of the molecule is CC(C)c1ccc2c(c1)Oc1ccccc1N2c1ccccc1. The molecule has 2 nitrogen and oxygen atoms in total. The van der Waals surface area contributed by atoms with Crippen LogP contribution < -0.4 is 9.64 Å². The molecule has 0 aliphatic carbocycles. The van der Waals surface area contributed by atoms with Crippen LogP contribution >= 0.6 is 0 Å². The molecule has 2 heteroatoms. The van der Waals surface area contributed by atoms with Gasteiger partial charge in [-0.3, -0.25) is 0 Å². The van der Waals surface area contributed by atoms with Crippen LogP contribution in [0.25, 0.3) is 0 Å². The minimum atomic E-state index is 0.478. The molecule has 1 aliphatic heterocycles. The molecule has 0 bridgehead atoms. The van der Waals surface area contributed by atoms with Gasteiger partial charge in [-0.05, 0) is 47.9 Å². The number of fused-ring (bicyclic) bond motifs is 2. The second-order valence-corrected chi connectivity index (χ2v) is 6.12. The molecule has 0 fully saturated rings. The van der Waals surface area contributed by atoms with E-state index < -0.39 is 0 Å².